The fourth-order valence-electron chi connectivity index (χ4n) is 3.41. The number of fused-ring (bicyclic) bond motifs is 1. The number of ether oxygens (including phenoxy) is 2. The zero-order chi connectivity index (χ0) is 18.1. The van der Waals surface area contributed by atoms with Gasteiger partial charge in [0.15, 0.2) is 5.79 Å². The summed E-state index contributed by atoms with van der Waals surface area (Å²) < 4.78 is 17.8. The van der Waals surface area contributed by atoms with Crippen molar-refractivity contribution in [3.8, 4) is 0 Å². The van der Waals surface area contributed by atoms with E-state index in [4.69, 9.17) is 13.9 Å². The van der Waals surface area contributed by atoms with Gasteiger partial charge in [-0.1, -0.05) is 48.5 Å². The standard InChI is InChI=1S/C21H23NO4/c1-21(2)24-14-19(26-21)20(22(23)13-15-8-4-3-5-9-15)18-12-16-10-6-7-11-17(16)25-18/h3-12,19-20,23H,13-14H2,1-2H3. The first-order valence-electron chi connectivity index (χ1n) is 8.81. The predicted molar refractivity (Wildman–Crippen MR) is 97.6 cm³/mol. The Kier molecular flexibility index (Phi) is 4.54. The zero-order valence-electron chi connectivity index (χ0n) is 15.0. The van der Waals surface area contributed by atoms with E-state index in [0.717, 1.165) is 16.5 Å². The van der Waals surface area contributed by atoms with Gasteiger partial charge in [0.05, 0.1) is 6.61 Å². The van der Waals surface area contributed by atoms with Crippen LogP contribution in [0.15, 0.2) is 65.1 Å². The number of furan rings is 1. The molecule has 1 aromatic heterocycles. The molecule has 1 fully saturated rings. The Morgan fingerprint density at radius 2 is 1.85 bits per heavy atom. The van der Waals surface area contributed by atoms with E-state index in [0.29, 0.717) is 18.9 Å². The van der Waals surface area contributed by atoms with E-state index in [-0.39, 0.29) is 6.10 Å². The lowest BCUT2D eigenvalue weighted by atomic mass is 10.1. The van der Waals surface area contributed by atoms with Crippen molar-refractivity contribution >= 4 is 11.0 Å². The molecule has 1 aliphatic heterocycles. The highest BCUT2D eigenvalue weighted by atomic mass is 16.7. The molecule has 1 saturated heterocycles. The molecule has 1 aliphatic rings. The Morgan fingerprint density at radius 1 is 1.12 bits per heavy atom. The zero-order valence-corrected chi connectivity index (χ0v) is 15.0. The van der Waals surface area contributed by atoms with Crippen LogP contribution in [0.5, 0.6) is 0 Å². The number of hydroxylamine groups is 2. The summed E-state index contributed by atoms with van der Waals surface area (Å²) in [7, 11) is 0. The molecule has 5 heteroatoms. The molecule has 4 rings (SSSR count). The molecule has 2 heterocycles. The van der Waals surface area contributed by atoms with Crippen LogP contribution in [0, 0.1) is 0 Å². The third-order valence-electron chi connectivity index (χ3n) is 4.63. The molecule has 0 spiro atoms. The van der Waals surface area contributed by atoms with Crippen molar-refractivity contribution < 1.29 is 19.1 Å². The summed E-state index contributed by atoms with van der Waals surface area (Å²) in [6.07, 6.45) is -0.334. The first-order valence-corrected chi connectivity index (χ1v) is 8.81. The molecule has 136 valence electrons. The maximum Gasteiger partial charge on any atom is 0.163 e. The molecule has 3 aromatic rings. The number of benzene rings is 2. The van der Waals surface area contributed by atoms with Gasteiger partial charge in [0.1, 0.15) is 23.5 Å². The third kappa shape index (κ3) is 3.52. The normalized spacial score (nSPS) is 20.7. The second-order valence-electron chi connectivity index (χ2n) is 7.08. The van der Waals surface area contributed by atoms with Crippen LogP contribution < -0.4 is 0 Å². The second kappa shape index (κ2) is 6.85. The molecule has 2 atom stereocenters. The number of hydrogen-bond acceptors (Lipinski definition) is 5. The summed E-state index contributed by atoms with van der Waals surface area (Å²) >= 11 is 0. The largest absolute Gasteiger partial charge is 0.459 e. The second-order valence-corrected chi connectivity index (χ2v) is 7.08. The fourth-order valence-corrected chi connectivity index (χ4v) is 3.41. The topological polar surface area (TPSA) is 55.1 Å². The third-order valence-corrected chi connectivity index (χ3v) is 4.63. The monoisotopic (exact) mass is 353 g/mol. The number of nitrogens with zero attached hydrogens (tertiary/aromatic N) is 1. The van der Waals surface area contributed by atoms with E-state index in [2.05, 4.69) is 0 Å². The van der Waals surface area contributed by atoms with Gasteiger partial charge in [-0.15, -0.1) is 0 Å². The molecule has 0 aliphatic carbocycles. The van der Waals surface area contributed by atoms with Gasteiger partial charge in [0, 0.05) is 11.9 Å². The molecule has 0 saturated carbocycles. The van der Waals surface area contributed by atoms with E-state index in [1.54, 1.807) is 0 Å². The van der Waals surface area contributed by atoms with Crippen LogP contribution in [0.3, 0.4) is 0 Å². The first kappa shape index (κ1) is 17.2. The Bertz CT molecular complexity index is 841. The molecule has 0 amide bonds. The summed E-state index contributed by atoms with van der Waals surface area (Å²) in [6, 6.07) is 19.1. The minimum Gasteiger partial charge on any atom is -0.459 e. The highest BCUT2D eigenvalue weighted by Gasteiger charge is 2.42. The minimum absolute atomic E-state index is 0.334. The van der Waals surface area contributed by atoms with Gasteiger partial charge in [-0.3, -0.25) is 0 Å². The Morgan fingerprint density at radius 3 is 2.54 bits per heavy atom. The predicted octanol–water partition coefficient (Wildman–Crippen LogP) is 4.52. The van der Waals surface area contributed by atoms with E-state index in [9.17, 15) is 5.21 Å². The van der Waals surface area contributed by atoms with Crippen molar-refractivity contribution in [1.29, 1.82) is 0 Å². The van der Waals surface area contributed by atoms with Gasteiger partial charge in [-0.2, -0.15) is 5.06 Å². The summed E-state index contributed by atoms with van der Waals surface area (Å²) in [5.41, 5.74) is 1.80. The summed E-state index contributed by atoms with van der Waals surface area (Å²) in [5.74, 6) is -0.0152. The van der Waals surface area contributed by atoms with Crippen LogP contribution in [0.2, 0.25) is 0 Å². The highest BCUT2D eigenvalue weighted by Crippen LogP contribution is 2.36. The average Bonchev–Trinajstić information content (AvgIpc) is 3.19. The van der Waals surface area contributed by atoms with Gasteiger partial charge >= 0.3 is 0 Å². The Labute approximate surface area is 152 Å². The molecular formula is C21H23NO4. The van der Waals surface area contributed by atoms with E-state index in [1.165, 1.54) is 5.06 Å². The summed E-state index contributed by atoms with van der Waals surface area (Å²) in [6.45, 7) is 4.51. The molecule has 5 nitrogen and oxygen atoms in total. The number of hydrogen-bond donors (Lipinski definition) is 1. The maximum absolute atomic E-state index is 10.9. The van der Waals surface area contributed by atoms with Crippen LogP contribution in [-0.4, -0.2) is 28.8 Å². The first-order chi connectivity index (χ1) is 12.5. The summed E-state index contributed by atoms with van der Waals surface area (Å²) in [5, 5.41) is 13.2. The summed E-state index contributed by atoms with van der Waals surface area (Å²) in [4.78, 5) is 0. The molecular weight excluding hydrogens is 330 g/mol. The van der Waals surface area contributed by atoms with Gasteiger partial charge in [-0.05, 0) is 31.5 Å². The van der Waals surface area contributed by atoms with Crippen molar-refractivity contribution in [1.82, 2.24) is 5.06 Å². The van der Waals surface area contributed by atoms with Crippen LogP contribution in [0.25, 0.3) is 11.0 Å². The van der Waals surface area contributed by atoms with Crippen LogP contribution >= 0.6 is 0 Å². The average molecular weight is 353 g/mol. The lowest BCUT2D eigenvalue weighted by Gasteiger charge is -2.29. The van der Waals surface area contributed by atoms with Gasteiger partial charge in [-0.25, -0.2) is 0 Å². The van der Waals surface area contributed by atoms with Crippen molar-refractivity contribution in [2.24, 2.45) is 0 Å². The lowest BCUT2D eigenvalue weighted by Crippen LogP contribution is -2.36. The van der Waals surface area contributed by atoms with Gasteiger partial charge in [0.2, 0.25) is 0 Å². The molecule has 0 radical (unpaired) electrons. The lowest BCUT2D eigenvalue weighted by molar-refractivity contribution is -0.194. The van der Waals surface area contributed by atoms with Gasteiger partial charge < -0.3 is 19.1 Å². The van der Waals surface area contributed by atoms with E-state index < -0.39 is 11.8 Å². The SMILES string of the molecule is CC1(C)OCC(C(c2cc3ccccc3o2)N(O)Cc2ccccc2)O1. The van der Waals surface area contributed by atoms with Crippen molar-refractivity contribution in [3.63, 3.8) is 0 Å². The van der Waals surface area contributed by atoms with Crippen LogP contribution in [0.1, 0.15) is 31.2 Å². The number of rotatable bonds is 5. The highest BCUT2D eigenvalue weighted by molar-refractivity contribution is 5.77. The quantitative estimate of drug-likeness (QED) is 0.684. The van der Waals surface area contributed by atoms with Crippen LogP contribution in [0.4, 0.5) is 0 Å². The van der Waals surface area contributed by atoms with Crippen molar-refractivity contribution in [2.75, 3.05) is 6.61 Å². The molecule has 2 aromatic carbocycles. The van der Waals surface area contributed by atoms with E-state index in [1.807, 2.05) is 74.5 Å². The molecule has 0 bridgehead atoms. The maximum atomic E-state index is 10.9. The smallest absolute Gasteiger partial charge is 0.163 e. The number of para-hydroxylation sites is 1. The molecule has 1 N–H and O–H groups in total. The molecule has 26 heavy (non-hydrogen) atoms. The Hall–Kier alpha value is -2.18. The van der Waals surface area contributed by atoms with Crippen molar-refractivity contribution in [3.05, 3.63) is 72.0 Å². The van der Waals surface area contributed by atoms with E-state index >= 15 is 0 Å². The van der Waals surface area contributed by atoms with Crippen LogP contribution in [-0.2, 0) is 16.0 Å². The van der Waals surface area contributed by atoms with Crippen molar-refractivity contribution in [2.45, 2.75) is 38.3 Å². The molecule has 2 unspecified atom stereocenters. The van der Waals surface area contributed by atoms with Gasteiger partial charge in [0.25, 0.3) is 0 Å². The Balaban J connectivity index is 1.67. The fraction of sp³-hybridized carbons (Fsp3) is 0.333. The minimum atomic E-state index is -0.678.